The summed E-state index contributed by atoms with van der Waals surface area (Å²) in [4.78, 5) is 4.44. The second-order valence-corrected chi connectivity index (χ2v) is 5.75. The molecule has 1 aromatic heterocycles. The van der Waals surface area contributed by atoms with Gasteiger partial charge >= 0.3 is 0 Å². The van der Waals surface area contributed by atoms with Crippen molar-refractivity contribution in [2.75, 3.05) is 5.73 Å². The monoisotopic (exact) mass is 269 g/mol. The van der Waals surface area contributed by atoms with Crippen LogP contribution in [0.15, 0.2) is 37.2 Å². The lowest BCUT2D eigenvalue weighted by Crippen LogP contribution is -2.24. The smallest absolute Gasteiger partial charge is 0.133 e. The van der Waals surface area contributed by atoms with Crippen molar-refractivity contribution in [3.63, 3.8) is 0 Å². The number of hydrogen-bond acceptors (Lipinski definition) is 3. The van der Waals surface area contributed by atoms with Gasteiger partial charge in [0.15, 0.2) is 0 Å². The topological polar surface area (TPSA) is 53.1 Å². The predicted octanol–water partition coefficient (Wildman–Crippen LogP) is 3.03. The molecule has 0 radical (unpaired) electrons. The van der Waals surface area contributed by atoms with Crippen LogP contribution in [0.3, 0.4) is 0 Å². The molecule has 0 spiro atoms. The van der Waals surface area contributed by atoms with E-state index < -0.39 is 0 Å². The number of nitrogen functional groups attached to an aromatic ring is 1. The lowest BCUT2D eigenvalue weighted by Gasteiger charge is -2.18. The Morgan fingerprint density at radius 1 is 1.50 bits per heavy atom. The first-order valence-electron chi connectivity index (χ1n) is 6.74. The van der Waals surface area contributed by atoms with Gasteiger partial charge in [-0.2, -0.15) is 0 Å². The first-order valence-corrected chi connectivity index (χ1v) is 6.74. The summed E-state index contributed by atoms with van der Waals surface area (Å²) in [5.41, 5.74) is 8.97. The van der Waals surface area contributed by atoms with Gasteiger partial charge < -0.3 is 15.0 Å². The summed E-state index contributed by atoms with van der Waals surface area (Å²) in [6.45, 7) is 8.57. The number of para-hydroxylation sites is 1. The molecule has 0 fully saturated rings. The number of imidazole rings is 1. The van der Waals surface area contributed by atoms with E-state index in [4.69, 9.17) is 10.5 Å². The molecule has 2 N–H and O–H groups in total. The fraction of sp³-hybridized carbons (Fsp3) is 0.312. The Hall–Kier alpha value is -2.23. The number of hydrogen-bond donors (Lipinski definition) is 1. The molecule has 0 saturated carbocycles. The van der Waals surface area contributed by atoms with E-state index in [2.05, 4.69) is 31.5 Å². The van der Waals surface area contributed by atoms with Crippen molar-refractivity contribution < 1.29 is 4.74 Å². The van der Waals surface area contributed by atoms with Crippen molar-refractivity contribution in [3.8, 4) is 17.0 Å². The molecule has 2 heterocycles. The van der Waals surface area contributed by atoms with Crippen molar-refractivity contribution in [2.45, 2.75) is 32.4 Å². The largest absolute Gasteiger partial charge is 0.487 e. The molecular formula is C16H19N3O. The molecule has 0 bridgehead atoms. The molecule has 3 rings (SSSR count). The van der Waals surface area contributed by atoms with E-state index in [-0.39, 0.29) is 5.60 Å². The van der Waals surface area contributed by atoms with Crippen molar-refractivity contribution >= 4 is 5.82 Å². The Labute approximate surface area is 118 Å². The molecule has 1 aliphatic heterocycles. The van der Waals surface area contributed by atoms with Gasteiger partial charge in [0.25, 0.3) is 0 Å². The minimum absolute atomic E-state index is 0.170. The third kappa shape index (κ3) is 1.97. The molecule has 104 valence electrons. The van der Waals surface area contributed by atoms with Gasteiger partial charge in [-0.1, -0.05) is 18.2 Å². The van der Waals surface area contributed by atoms with Crippen molar-refractivity contribution in [1.29, 1.82) is 0 Å². The first-order chi connectivity index (χ1) is 9.52. The third-order valence-electron chi connectivity index (χ3n) is 3.55. The number of nitrogens with two attached hydrogens (primary N) is 1. The van der Waals surface area contributed by atoms with Gasteiger partial charge in [0.2, 0.25) is 0 Å². The van der Waals surface area contributed by atoms with E-state index in [0.29, 0.717) is 12.4 Å². The lowest BCUT2D eigenvalue weighted by atomic mass is 10.00. The summed E-state index contributed by atoms with van der Waals surface area (Å²) in [7, 11) is 0. The highest BCUT2D eigenvalue weighted by Gasteiger charge is 2.32. The number of fused-ring (bicyclic) bond motifs is 1. The van der Waals surface area contributed by atoms with Gasteiger partial charge in [-0.25, -0.2) is 4.98 Å². The van der Waals surface area contributed by atoms with E-state index in [1.165, 1.54) is 5.56 Å². The molecule has 0 saturated heterocycles. The van der Waals surface area contributed by atoms with Crippen LogP contribution in [-0.2, 0) is 13.0 Å². The average molecular weight is 269 g/mol. The van der Waals surface area contributed by atoms with Gasteiger partial charge in [-0.05, 0) is 25.5 Å². The Kier molecular flexibility index (Phi) is 2.82. The molecule has 0 aliphatic carbocycles. The molecule has 2 aromatic rings. The number of nitrogens with zero attached hydrogens (tertiary/aromatic N) is 2. The van der Waals surface area contributed by atoms with E-state index in [1.807, 2.05) is 16.7 Å². The molecule has 4 heteroatoms. The second-order valence-electron chi connectivity index (χ2n) is 5.75. The van der Waals surface area contributed by atoms with E-state index in [9.17, 15) is 0 Å². The Balaban J connectivity index is 2.09. The fourth-order valence-corrected chi connectivity index (χ4v) is 2.69. The van der Waals surface area contributed by atoms with Gasteiger partial charge in [0, 0.05) is 18.5 Å². The summed E-state index contributed by atoms with van der Waals surface area (Å²) in [5.74, 6) is 1.56. The second kappa shape index (κ2) is 4.40. The van der Waals surface area contributed by atoms with Gasteiger partial charge in [-0.15, -0.1) is 6.58 Å². The molecule has 0 amide bonds. The van der Waals surface area contributed by atoms with Crippen LogP contribution in [0.25, 0.3) is 11.3 Å². The van der Waals surface area contributed by atoms with Crippen LogP contribution in [0.1, 0.15) is 19.4 Å². The van der Waals surface area contributed by atoms with Crippen LogP contribution in [0.5, 0.6) is 5.75 Å². The summed E-state index contributed by atoms with van der Waals surface area (Å²) in [5, 5.41) is 0. The number of benzene rings is 1. The molecule has 20 heavy (non-hydrogen) atoms. The van der Waals surface area contributed by atoms with Crippen molar-refractivity contribution in [1.82, 2.24) is 9.55 Å². The summed E-state index contributed by atoms with van der Waals surface area (Å²) in [6.07, 6.45) is 4.45. The van der Waals surface area contributed by atoms with E-state index in [1.54, 1.807) is 12.4 Å². The summed E-state index contributed by atoms with van der Waals surface area (Å²) >= 11 is 0. The number of rotatable bonds is 3. The number of aromatic nitrogens is 2. The Morgan fingerprint density at radius 3 is 3.05 bits per heavy atom. The van der Waals surface area contributed by atoms with Gasteiger partial charge in [0.05, 0.1) is 6.33 Å². The van der Waals surface area contributed by atoms with E-state index in [0.717, 1.165) is 23.4 Å². The number of allylic oxidation sites excluding steroid dienone is 1. The predicted molar refractivity (Wildman–Crippen MR) is 80.7 cm³/mol. The summed E-state index contributed by atoms with van der Waals surface area (Å²) < 4.78 is 7.96. The average Bonchev–Trinajstić information content (AvgIpc) is 2.89. The van der Waals surface area contributed by atoms with Crippen LogP contribution in [0, 0.1) is 0 Å². The fourth-order valence-electron chi connectivity index (χ4n) is 2.69. The van der Waals surface area contributed by atoms with Crippen LogP contribution in [0.4, 0.5) is 5.82 Å². The lowest BCUT2D eigenvalue weighted by molar-refractivity contribution is 0.139. The highest BCUT2D eigenvalue weighted by atomic mass is 16.5. The first kappa shape index (κ1) is 12.8. The quantitative estimate of drug-likeness (QED) is 0.871. The van der Waals surface area contributed by atoms with Crippen LogP contribution in [0.2, 0.25) is 0 Å². The molecule has 1 aromatic carbocycles. The highest BCUT2D eigenvalue weighted by Crippen LogP contribution is 2.43. The van der Waals surface area contributed by atoms with Crippen molar-refractivity contribution in [3.05, 3.63) is 42.7 Å². The standard InChI is InChI=1S/C16H19N3O/c1-4-8-19-10-18-13(15(19)17)12-7-5-6-11-9-16(2,3)20-14(11)12/h4-7,10H,1,8-9,17H2,2-3H3. The zero-order valence-corrected chi connectivity index (χ0v) is 11.9. The molecule has 0 atom stereocenters. The highest BCUT2D eigenvalue weighted by molar-refractivity contribution is 5.77. The number of ether oxygens (including phenoxy) is 1. The Morgan fingerprint density at radius 2 is 2.30 bits per heavy atom. The minimum atomic E-state index is -0.170. The molecule has 4 nitrogen and oxygen atoms in total. The number of anilines is 1. The molecule has 0 unspecified atom stereocenters. The third-order valence-corrected chi connectivity index (χ3v) is 3.55. The zero-order chi connectivity index (χ0) is 14.3. The van der Waals surface area contributed by atoms with Crippen LogP contribution < -0.4 is 10.5 Å². The Bertz CT molecular complexity index is 670. The minimum Gasteiger partial charge on any atom is -0.487 e. The maximum absolute atomic E-state index is 6.18. The van der Waals surface area contributed by atoms with Crippen LogP contribution >= 0.6 is 0 Å². The van der Waals surface area contributed by atoms with Crippen LogP contribution in [-0.4, -0.2) is 15.2 Å². The molecule has 1 aliphatic rings. The normalized spacial score (nSPS) is 15.7. The van der Waals surface area contributed by atoms with Crippen molar-refractivity contribution in [2.24, 2.45) is 0 Å². The SMILES string of the molecule is C=CCn1cnc(-c2cccc3c2OC(C)(C)C3)c1N. The van der Waals surface area contributed by atoms with Gasteiger partial charge in [-0.3, -0.25) is 0 Å². The van der Waals surface area contributed by atoms with Gasteiger partial charge in [0.1, 0.15) is 22.9 Å². The summed E-state index contributed by atoms with van der Waals surface area (Å²) in [6, 6.07) is 6.15. The zero-order valence-electron chi connectivity index (χ0n) is 11.9. The molecular weight excluding hydrogens is 250 g/mol. The maximum atomic E-state index is 6.18. The maximum Gasteiger partial charge on any atom is 0.133 e. The van der Waals surface area contributed by atoms with E-state index >= 15 is 0 Å².